The van der Waals surface area contributed by atoms with Gasteiger partial charge in [0, 0.05) is 0 Å². The number of hydrogen-bond donors (Lipinski definition) is 4. The van der Waals surface area contributed by atoms with Crippen LogP contribution in [0.5, 0.6) is 0 Å². The Kier molecular flexibility index (Phi) is 18.2. The Labute approximate surface area is 295 Å². The molecule has 0 saturated carbocycles. The van der Waals surface area contributed by atoms with Crippen molar-refractivity contribution in [3.63, 3.8) is 0 Å². The van der Waals surface area contributed by atoms with Crippen molar-refractivity contribution in [3.05, 3.63) is 11.6 Å². The Balaban J connectivity index is 0. The van der Waals surface area contributed by atoms with Crippen LogP contribution in [-0.2, 0) is 31.6 Å². The van der Waals surface area contributed by atoms with Crippen LogP contribution in [0.3, 0.4) is 0 Å². The monoisotopic (exact) mass is 630 g/mol. The average Bonchev–Trinajstić information content (AvgIpc) is 3.12. The van der Waals surface area contributed by atoms with Gasteiger partial charge in [-0.15, -0.1) is 0 Å². The van der Waals surface area contributed by atoms with Crippen molar-refractivity contribution in [2.24, 2.45) is 0 Å². The number of phosphoric ester groups is 1. The average molecular weight is 631 g/mol. The minimum atomic E-state index is -6.09. The number of rotatable bonds is 8. The van der Waals surface area contributed by atoms with Crippen LogP contribution in [0.25, 0.3) is 11.2 Å². The third-order valence-electron chi connectivity index (χ3n) is 3.83. The van der Waals surface area contributed by atoms with Crippen LogP contribution in [0, 0.1) is 0 Å². The number of nitrogens with zero attached hydrogens (tertiary/aromatic N) is 4. The van der Waals surface area contributed by atoms with Crippen LogP contribution in [0.2, 0.25) is 5.28 Å². The SMILES string of the molecule is Nc1nc(Cl)nc2c1ncn2[C@@H]1O[C@H](COP(=O)([O-])OP(=O)([O-])OP(=O)([O-])O)[C@@H](O)[C@H]1O.[Na+].[Na+].[Na+].[Na+]. The predicted octanol–water partition coefficient (Wildman–Crippen LogP) is -14.9. The van der Waals surface area contributed by atoms with Crippen molar-refractivity contribution >= 4 is 52.1 Å². The van der Waals surface area contributed by atoms with E-state index in [1.807, 2.05) is 0 Å². The van der Waals surface area contributed by atoms with Crippen molar-refractivity contribution in [3.8, 4) is 0 Å². The molecule has 0 aliphatic carbocycles. The largest absolute Gasteiger partial charge is 1.00 e. The molecular weight excluding hydrogens is 618 g/mol. The Morgan fingerprint density at radius 1 is 1.06 bits per heavy atom. The van der Waals surface area contributed by atoms with E-state index in [0.29, 0.717) is 0 Å². The molecule has 3 rings (SSSR count). The van der Waals surface area contributed by atoms with E-state index in [0.717, 1.165) is 10.9 Å². The number of nitrogen functional groups attached to an aromatic ring is 1. The van der Waals surface area contributed by atoms with Gasteiger partial charge in [0.15, 0.2) is 17.7 Å². The second-order valence-corrected chi connectivity index (χ2v) is 10.7. The summed E-state index contributed by atoms with van der Waals surface area (Å²) in [4.78, 5) is 53.1. The molecule has 36 heavy (non-hydrogen) atoms. The minimum Gasteiger partial charge on any atom is -0.756 e. The molecule has 0 spiro atoms. The van der Waals surface area contributed by atoms with Gasteiger partial charge in [0.2, 0.25) is 5.28 Å². The summed E-state index contributed by atoms with van der Waals surface area (Å²) in [7, 11) is -17.8. The van der Waals surface area contributed by atoms with Crippen LogP contribution in [0.15, 0.2) is 6.33 Å². The van der Waals surface area contributed by atoms with Gasteiger partial charge in [0.25, 0.3) is 23.5 Å². The quantitative estimate of drug-likeness (QED) is 0.120. The summed E-state index contributed by atoms with van der Waals surface area (Å²) in [6.45, 7) is -1.09. The molecule has 0 radical (unpaired) electrons. The first kappa shape index (κ1) is 41.1. The standard InChI is InChI=1S/C10H15ClN5O13P3.4Na/c11-10-14-7(12)4-8(15-10)16(2-13-4)9-6(18)5(17)3(27-9)1-26-31(22,23)29-32(24,25)28-30(19,20)21;;;;/h2-3,5-6,9,17-18H,1H2,(H,22,23)(H,24,25)(H2,12,14,15)(H2,19,20,21);;;;/q;4*+1/p-3/t3-,5-,6-,9-;;;;/m1..../s1. The molecule has 3 unspecified atom stereocenters. The maximum absolute atomic E-state index is 11.6. The van der Waals surface area contributed by atoms with Crippen molar-refractivity contribution in [1.29, 1.82) is 0 Å². The van der Waals surface area contributed by atoms with Crippen molar-refractivity contribution in [2.75, 3.05) is 12.3 Å². The molecular formula is C10H12ClN5Na4O13P3+. The second-order valence-electron chi connectivity index (χ2n) is 6.07. The van der Waals surface area contributed by atoms with Crippen molar-refractivity contribution in [1.82, 2.24) is 19.5 Å². The van der Waals surface area contributed by atoms with E-state index in [-0.39, 0.29) is 140 Å². The maximum Gasteiger partial charge on any atom is 1.00 e. The molecule has 1 saturated heterocycles. The van der Waals surface area contributed by atoms with Crippen LogP contribution >= 0.6 is 35.1 Å². The molecule has 26 heteroatoms. The predicted molar refractivity (Wildman–Crippen MR) is 93.8 cm³/mol. The number of hydrogen-bond acceptors (Lipinski definition) is 16. The van der Waals surface area contributed by atoms with Crippen molar-refractivity contribution < 1.29 is 180 Å². The van der Waals surface area contributed by atoms with Crippen LogP contribution in [0.1, 0.15) is 6.23 Å². The van der Waals surface area contributed by atoms with Gasteiger partial charge in [-0.2, -0.15) is 9.97 Å². The molecule has 0 bridgehead atoms. The van der Waals surface area contributed by atoms with Gasteiger partial charge in [-0.25, -0.2) is 13.6 Å². The minimum absolute atomic E-state index is 0. The first-order chi connectivity index (χ1) is 14.6. The summed E-state index contributed by atoms with van der Waals surface area (Å²) in [6, 6.07) is 0. The van der Waals surface area contributed by atoms with E-state index in [1.54, 1.807) is 0 Å². The fraction of sp³-hybridized carbons (Fsp3) is 0.500. The number of fused-ring (bicyclic) bond motifs is 1. The molecule has 3 heterocycles. The number of imidazole rings is 1. The third-order valence-corrected chi connectivity index (χ3v) is 7.69. The van der Waals surface area contributed by atoms with Gasteiger partial charge in [-0.3, -0.25) is 18.3 Å². The molecule has 7 atom stereocenters. The Morgan fingerprint density at radius 2 is 1.64 bits per heavy atom. The Bertz CT molecular complexity index is 1170. The molecule has 180 valence electrons. The van der Waals surface area contributed by atoms with Crippen LogP contribution in [0.4, 0.5) is 5.82 Å². The smallest absolute Gasteiger partial charge is 0.756 e. The number of ether oxygens (including phenoxy) is 1. The molecule has 2 aromatic rings. The number of phosphoric acid groups is 3. The maximum atomic E-state index is 11.6. The number of anilines is 1. The number of nitrogens with two attached hydrogens (primary N) is 1. The van der Waals surface area contributed by atoms with Gasteiger partial charge in [-0.1, -0.05) is 0 Å². The molecule has 1 fully saturated rings. The summed E-state index contributed by atoms with van der Waals surface area (Å²) in [5.41, 5.74) is 5.76. The van der Waals surface area contributed by atoms with E-state index in [9.17, 15) is 38.6 Å². The van der Waals surface area contributed by atoms with E-state index >= 15 is 0 Å². The Morgan fingerprint density at radius 3 is 2.19 bits per heavy atom. The molecule has 1 aliphatic rings. The van der Waals surface area contributed by atoms with Gasteiger partial charge in [0.1, 0.15) is 23.8 Å². The topological polar surface area (TPSA) is 288 Å². The molecule has 0 amide bonds. The summed E-state index contributed by atoms with van der Waals surface area (Å²) < 4.78 is 50.5. The van der Waals surface area contributed by atoms with E-state index < -0.39 is 54.6 Å². The molecule has 18 nitrogen and oxygen atoms in total. The summed E-state index contributed by atoms with van der Waals surface area (Å²) in [5.74, 6) is -0.0918. The second kappa shape index (κ2) is 16.0. The van der Waals surface area contributed by atoms with Gasteiger partial charge >= 0.3 is 118 Å². The third kappa shape index (κ3) is 11.0. The van der Waals surface area contributed by atoms with Crippen LogP contribution < -0.4 is 139 Å². The van der Waals surface area contributed by atoms with E-state index in [1.165, 1.54) is 0 Å². The first-order valence-electron chi connectivity index (χ1n) is 7.99. The summed E-state index contributed by atoms with van der Waals surface area (Å²) in [5, 5.41) is 20.1. The Hall–Kier alpha value is 2.93. The van der Waals surface area contributed by atoms with Crippen LogP contribution in [-0.4, -0.2) is 59.5 Å². The number of halogens is 1. The van der Waals surface area contributed by atoms with Gasteiger partial charge in [-0.05, 0) is 11.6 Å². The van der Waals surface area contributed by atoms with Gasteiger partial charge in [0.05, 0.1) is 12.9 Å². The molecule has 5 N–H and O–H groups in total. The fourth-order valence-corrected chi connectivity index (χ4v) is 5.71. The number of aromatic nitrogens is 4. The van der Waals surface area contributed by atoms with E-state index in [4.69, 9.17) is 27.0 Å². The zero-order chi connectivity index (χ0) is 24.1. The number of aliphatic hydroxyl groups is 2. The van der Waals surface area contributed by atoms with E-state index in [2.05, 4.69) is 28.1 Å². The molecule has 0 aromatic carbocycles. The fourth-order valence-electron chi connectivity index (χ4n) is 2.65. The first-order valence-corrected chi connectivity index (χ1v) is 12.8. The van der Waals surface area contributed by atoms with Gasteiger partial charge < -0.3 is 44.8 Å². The molecule has 2 aromatic heterocycles. The number of aliphatic hydroxyl groups excluding tert-OH is 2. The summed E-state index contributed by atoms with van der Waals surface area (Å²) >= 11 is 5.74. The summed E-state index contributed by atoms with van der Waals surface area (Å²) in [6.07, 6.45) is -5.28. The zero-order valence-electron chi connectivity index (χ0n) is 19.1. The molecule has 1 aliphatic heterocycles. The van der Waals surface area contributed by atoms with Crippen molar-refractivity contribution in [2.45, 2.75) is 24.5 Å². The zero-order valence-corrected chi connectivity index (χ0v) is 30.5. The normalized spacial score (nSPS) is 26.2.